The van der Waals surface area contributed by atoms with Gasteiger partial charge in [0.15, 0.2) is 5.58 Å². The van der Waals surface area contributed by atoms with Gasteiger partial charge in [0.2, 0.25) is 0 Å². The Labute approximate surface area is 131 Å². The standard InChI is InChI=1S/C17H14N4O2/c1-9-4-3-5-13(18-9)16-15(19-10(2)20-16)11-6-7-12-14(8-11)23-17(22)21-12/h3-8H,1-2H3,(H,19,20)(H,21,22). The van der Waals surface area contributed by atoms with E-state index in [1.165, 1.54) is 0 Å². The molecule has 6 heteroatoms. The fraction of sp³-hybridized carbons (Fsp3) is 0.118. The predicted molar refractivity (Wildman–Crippen MR) is 87.1 cm³/mol. The van der Waals surface area contributed by atoms with E-state index in [0.717, 1.165) is 34.2 Å². The van der Waals surface area contributed by atoms with Gasteiger partial charge in [-0.25, -0.2) is 9.78 Å². The van der Waals surface area contributed by atoms with Crippen LogP contribution in [0.25, 0.3) is 33.7 Å². The van der Waals surface area contributed by atoms with Crippen molar-refractivity contribution in [3.8, 4) is 22.6 Å². The molecular formula is C17H14N4O2. The molecule has 4 aromatic rings. The van der Waals surface area contributed by atoms with Crippen molar-refractivity contribution in [2.24, 2.45) is 0 Å². The number of benzene rings is 1. The molecule has 3 heterocycles. The number of hydrogen-bond acceptors (Lipinski definition) is 4. The van der Waals surface area contributed by atoms with E-state index >= 15 is 0 Å². The van der Waals surface area contributed by atoms with Crippen LogP contribution in [-0.4, -0.2) is 19.9 Å². The van der Waals surface area contributed by atoms with Crippen molar-refractivity contribution < 1.29 is 4.42 Å². The number of rotatable bonds is 2. The van der Waals surface area contributed by atoms with Gasteiger partial charge in [-0.3, -0.25) is 9.97 Å². The highest BCUT2D eigenvalue weighted by molar-refractivity contribution is 5.83. The van der Waals surface area contributed by atoms with E-state index in [4.69, 9.17) is 4.42 Å². The summed E-state index contributed by atoms with van der Waals surface area (Å²) in [4.78, 5) is 26.3. The van der Waals surface area contributed by atoms with Crippen LogP contribution in [0.4, 0.5) is 0 Å². The summed E-state index contributed by atoms with van der Waals surface area (Å²) in [5, 5.41) is 0. The summed E-state index contributed by atoms with van der Waals surface area (Å²) in [5.74, 6) is 0.338. The van der Waals surface area contributed by atoms with Crippen molar-refractivity contribution in [1.82, 2.24) is 19.9 Å². The average Bonchev–Trinajstić information content (AvgIpc) is 3.08. The molecule has 0 fully saturated rings. The summed E-state index contributed by atoms with van der Waals surface area (Å²) in [6, 6.07) is 11.4. The largest absolute Gasteiger partial charge is 0.417 e. The van der Waals surface area contributed by atoms with Gasteiger partial charge in [-0.05, 0) is 38.1 Å². The molecule has 0 spiro atoms. The molecule has 3 aromatic heterocycles. The van der Waals surface area contributed by atoms with Gasteiger partial charge in [0.1, 0.15) is 5.82 Å². The minimum atomic E-state index is -0.462. The topological polar surface area (TPSA) is 87.6 Å². The SMILES string of the molecule is Cc1cccc(-c2[nH]c(C)nc2-c2ccc3[nH]c(=O)oc3c2)n1. The Morgan fingerprint density at radius 2 is 1.91 bits per heavy atom. The van der Waals surface area contributed by atoms with Gasteiger partial charge in [0.05, 0.1) is 22.6 Å². The number of H-pyrrole nitrogens is 2. The fourth-order valence-corrected chi connectivity index (χ4v) is 2.66. The van der Waals surface area contributed by atoms with E-state index in [2.05, 4.69) is 19.9 Å². The molecular weight excluding hydrogens is 292 g/mol. The van der Waals surface area contributed by atoms with Gasteiger partial charge in [-0.2, -0.15) is 0 Å². The van der Waals surface area contributed by atoms with Crippen molar-refractivity contribution in [3.05, 3.63) is 58.5 Å². The Morgan fingerprint density at radius 3 is 2.74 bits per heavy atom. The lowest BCUT2D eigenvalue weighted by molar-refractivity contribution is 0.555. The first-order chi connectivity index (χ1) is 11.1. The molecule has 114 valence electrons. The van der Waals surface area contributed by atoms with Crippen LogP contribution in [0.2, 0.25) is 0 Å². The second-order valence-corrected chi connectivity index (χ2v) is 5.44. The monoisotopic (exact) mass is 306 g/mol. The fourth-order valence-electron chi connectivity index (χ4n) is 2.66. The molecule has 0 atom stereocenters. The Kier molecular flexibility index (Phi) is 2.90. The second kappa shape index (κ2) is 4.95. The zero-order valence-electron chi connectivity index (χ0n) is 12.7. The van der Waals surface area contributed by atoms with Crippen LogP contribution in [-0.2, 0) is 0 Å². The minimum Gasteiger partial charge on any atom is -0.408 e. The number of aryl methyl sites for hydroxylation is 2. The van der Waals surface area contributed by atoms with Gasteiger partial charge in [-0.1, -0.05) is 12.1 Å². The van der Waals surface area contributed by atoms with Crippen molar-refractivity contribution in [2.75, 3.05) is 0 Å². The predicted octanol–water partition coefficient (Wildman–Crippen LogP) is 3.19. The third-order valence-corrected chi connectivity index (χ3v) is 3.66. The Balaban J connectivity index is 1.92. The first-order valence-electron chi connectivity index (χ1n) is 7.24. The van der Waals surface area contributed by atoms with Gasteiger partial charge < -0.3 is 9.40 Å². The number of fused-ring (bicyclic) bond motifs is 1. The van der Waals surface area contributed by atoms with Crippen LogP contribution in [0.1, 0.15) is 11.5 Å². The lowest BCUT2D eigenvalue weighted by atomic mass is 10.1. The molecule has 0 saturated carbocycles. The van der Waals surface area contributed by atoms with Gasteiger partial charge in [-0.15, -0.1) is 0 Å². The van der Waals surface area contributed by atoms with Crippen LogP contribution in [0, 0.1) is 13.8 Å². The number of aromatic amines is 2. The van der Waals surface area contributed by atoms with Crippen LogP contribution in [0.15, 0.2) is 45.6 Å². The molecule has 0 radical (unpaired) electrons. The van der Waals surface area contributed by atoms with E-state index in [-0.39, 0.29) is 0 Å². The lowest BCUT2D eigenvalue weighted by Crippen LogP contribution is -1.92. The summed E-state index contributed by atoms with van der Waals surface area (Å²) in [6.45, 7) is 3.85. The van der Waals surface area contributed by atoms with E-state index in [1.807, 2.05) is 50.2 Å². The molecule has 0 aliphatic rings. The molecule has 23 heavy (non-hydrogen) atoms. The van der Waals surface area contributed by atoms with Crippen LogP contribution < -0.4 is 5.76 Å². The van der Waals surface area contributed by atoms with Gasteiger partial charge >= 0.3 is 5.76 Å². The molecule has 2 N–H and O–H groups in total. The third kappa shape index (κ3) is 2.34. The van der Waals surface area contributed by atoms with E-state index in [0.29, 0.717) is 11.1 Å². The van der Waals surface area contributed by atoms with Crippen LogP contribution in [0.3, 0.4) is 0 Å². The Morgan fingerprint density at radius 1 is 1.04 bits per heavy atom. The number of nitrogens with one attached hydrogen (secondary N) is 2. The summed E-state index contributed by atoms with van der Waals surface area (Å²) >= 11 is 0. The molecule has 0 aliphatic carbocycles. The Hall–Kier alpha value is -3.15. The molecule has 0 unspecified atom stereocenters. The Bertz CT molecular complexity index is 1070. The maximum atomic E-state index is 11.3. The second-order valence-electron chi connectivity index (χ2n) is 5.44. The first kappa shape index (κ1) is 13.5. The smallest absolute Gasteiger partial charge is 0.408 e. The molecule has 4 rings (SSSR count). The number of imidazole rings is 1. The minimum absolute atomic E-state index is 0.462. The third-order valence-electron chi connectivity index (χ3n) is 3.66. The van der Waals surface area contributed by atoms with Crippen molar-refractivity contribution in [1.29, 1.82) is 0 Å². The van der Waals surface area contributed by atoms with E-state index in [9.17, 15) is 4.79 Å². The van der Waals surface area contributed by atoms with Gasteiger partial charge in [0.25, 0.3) is 0 Å². The van der Waals surface area contributed by atoms with E-state index in [1.54, 1.807) is 0 Å². The summed E-state index contributed by atoms with van der Waals surface area (Å²) in [6.07, 6.45) is 0. The molecule has 0 aliphatic heterocycles. The summed E-state index contributed by atoms with van der Waals surface area (Å²) in [5.41, 5.74) is 5.44. The maximum Gasteiger partial charge on any atom is 0.417 e. The molecule has 0 bridgehead atoms. The molecule has 1 aromatic carbocycles. The van der Waals surface area contributed by atoms with Crippen molar-refractivity contribution >= 4 is 11.1 Å². The summed E-state index contributed by atoms with van der Waals surface area (Å²) < 4.78 is 5.14. The quantitative estimate of drug-likeness (QED) is 0.595. The van der Waals surface area contributed by atoms with Crippen LogP contribution in [0.5, 0.6) is 0 Å². The first-order valence-corrected chi connectivity index (χ1v) is 7.24. The average molecular weight is 306 g/mol. The van der Waals surface area contributed by atoms with Crippen molar-refractivity contribution in [3.63, 3.8) is 0 Å². The normalized spacial score (nSPS) is 11.2. The highest BCUT2D eigenvalue weighted by atomic mass is 16.4. The molecule has 6 nitrogen and oxygen atoms in total. The lowest BCUT2D eigenvalue weighted by Gasteiger charge is -2.03. The number of oxazole rings is 1. The number of nitrogens with zero attached hydrogens (tertiary/aromatic N) is 2. The summed E-state index contributed by atoms with van der Waals surface area (Å²) in [7, 11) is 0. The van der Waals surface area contributed by atoms with Crippen molar-refractivity contribution in [2.45, 2.75) is 13.8 Å². The number of hydrogen-bond donors (Lipinski definition) is 2. The van der Waals surface area contributed by atoms with Crippen LogP contribution >= 0.6 is 0 Å². The number of pyridine rings is 1. The molecule has 0 amide bonds. The van der Waals surface area contributed by atoms with Gasteiger partial charge in [0, 0.05) is 11.3 Å². The maximum absolute atomic E-state index is 11.3. The zero-order chi connectivity index (χ0) is 16.0. The van der Waals surface area contributed by atoms with E-state index < -0.39 is 5.76 Å². The number of aromatic nitrogens is 4. The zero-order valence-corrected chi connectivity index (χ0v) is 12.7. The highest BCUT2D eigenvalue weighted by Gasteiger charge is 2.15. The molecule has 0 saturated heterocycles. The highest BCUT2D eigenvalue weighted by Crippen LogP contribution is 2.30.